The first-order valence-electron chi connectivity index (χ1n) is 6.45. The van der Waals surface area contributed by atoms with Crippen molar-refractivity contribution >= 4 is 0 Å². The Kier molecular flexibility index (Phi) is 4.71. The molecule has 19 heavy (non-hydrogen) atoms. The van der Waals surface area contributed by atoms with Gasteiger partial charge in [-0.3, -0.25) is 4.68 Å². The largest absolute Gasteiger partial charge is 0.390 e. The van der Waals surface area contributed by atoms with Crippen LogP contribution in [0, 0.1) is 0 Å². The van der Waals surface area contributed by atoms with E-state index in [1.54, 1.807) is 13.3 Å². The molecule has 0 aliphatic heterocycles. The lowest BCUT2D eigenvalue weighted by atomic mass is 10.00. The predicted molar refractivity (Wildman–Crippen MR) is 73.7 cm³/mol. The molecular weight excluding hydrogens is 240 g/mol. The maximum absolute atomic E-state index is 10.3. The number of ether oxygens (including phenoxy) is 1. The van der Waals surface area contributed by atoms with Gasteiger partial charge < -0.3 is 9.84 Å². The molecule has 0 amide bonds. The molecule has 1 aromatic carbocycles. The van der Waals surface area contributed by atoms with Crippen LogP contribution in [0.1, 0.15) is 23.8 Å². The van der Waals surface area contributed by atoms with E-state index in [-0.39, 0.29) is 6.10 Å². The van der Waals surface area contributed by atoms with Gasteiger partial charge in [-0.25, -0.2) is 0 Å². The Morgan fingerprint density at radius 1 is 1.26 bits per heavy atom. The van der Waals surface area contributed by atoms with Gasteiger partial charge in [0.15, 0.2) is 0 Å². The van der Waals surface area contributed by atoms with Crippen LogP contribution < -0.4 is 0 Å². The lowest BCUT2D eigenvalue weighted by Gasteiger charge is -2.22. The third-order valence-corrected chi connectivity index (χ3v) is 3.35. The van der Waals surface area contributed by atoms with Crippen LogP contribution in [0.25, 0.3) is 0 Å². The Morgan fingerprint density at radius 3 is 2.58 bits per heavy atom. The molecule has 2 atom stereocenters. The van der Waals surface area contributed by atoms with Crippen molar-refractivity contribution in [3.8, 4) is 0 Å². The zero-order chi connectivity index (χ0) is 13.7. The van der Waals surface area contributed by atoms with Gasteiger partial charge in [0.25, 0.3) is 0 Å². The van der Waals surface area contributed by atoms with Gasteiger partial charge in [-0.2, -0.15) is 5.10 Å². The molecule has 0 saturated carbocycles. The van der Waals surface area contributed by atoms with Crippen molar-refractivity contribution in [3.05, 3.63) is 53.9 Å². The maximum Gasteiger partial charge on any atom is 0.108 e. The molecule has 4 heteroatoms. The van der Waals surface area contributed by atoms with Crippen LogP contribution in [0.3, 0.4) is 0 Å². The van der Waals surface area contributed by atoms with Crippen molar-refractivity contribution in [1.82, 2.24) is 9.78 Å². The minimum Gasteiger partial charge on any atom is -0.390 e. The number of rotatable bonds is 6. The summed E-state index contributed by atoms with van der Waals surface area (Å²) in [6, 6.07) is 11.8. The molecule has 1 heterocycles. The maximum atomic E-state index is 10.3. The molecule has 0 saturated heterocycles. The molecule has 0 aliphatic carbocycles. The van der Waals surface area contributed by atoms with Crippen LogP contribution in [-0.2, 0) is 18.2 Å². The summed E-state index contributed by atoms with van der Waals surface area (Å²) in [6.07, 6.45) is 2.39. The summed E-state index contributed by atoms with van der Waals surface area (Å²) in [5, 5.41) is 14.4. The monoisotopic (exact) mass is 260 g/mol. The first-order chi connectivity index (χ1) is 9.22. The van der Waals surface area contributed by atoms with Crippen LogP contribution in [0.4, 0.5) is 0 Å². The van der Waals surface area contributed by atoms with Crippen molar-refractivity contribution in [1.29, 1.82) is 0 Å². The third-order valence-electron chi connectivity index (χ3n) is 3.35. The van der Waals surface area contributed by atoms with E-state index in [1.165, 1.54) is 0 Å². The molecule has 1 N–H and O–H groups in total. The Hall–Kier alpha value is -1.65. The molecule has 1 aromatic heterocycles. The van der Waals surface area contributed by atoms with Crippen molar-refractivity contribution in [2.75, 3.05) is 7.11 Å². The Bertz CT molecular complexity index is 496. The molecule has 2 unspecified atom stereocenters. The van der Waals surface area contributed by atoms with E-state index in [0.717, 1.165) is 17.7 Å². The fourth-order valence-electron chi connectivity index (χ4n) is 2.25. The molecule has 0 fully saturated rings. The van der Waals surface area contributed by atoms with Gasteiger partial charge in [-0.15, -0.1) is 0 Å². The lowest BCUT2D eigenvalue weighted by Crippen LogP contribution is -2.21. The van der Waals surface area contributed by atoms with E-state index in [9.17, 15) is 5.11 Å². The standard InChI is InChI=1S/C15H20N2O2/c1-17-13(10-11-16-17)8-9-14(18)15(19-2)12-6-4-3-5-7-12/h3-7,10-11,14-15,18H,8-9H2,1-2H3. The quantitative estimate of drug-likeness (QED) is 0.865. The molecule has 0 radical (unpaired) electrons. The highest BCUT2D eigenvalue weighted by Crippen LogP contribution is 2.23. The molecule has 0 bridgehead atoms. The highest BCUT2D eigenvalue weighted by atomic mass is 16.5. The van der Waals surface area contributed by atoms with Crippen LogP contribution in [0.15, 0.2) is 42.6 Å². The molecular formula is C15H20N2O2. The van der Waals surface area contributed by atoms with Gasteiger partial charge in [0, 0.05) is 26.0 Å². The molecule has 0 spiro atoms. The highest BCUT2D eigenvalue weighted by molar-refractivity contribution is 5.18. The number of aromatic nitrogens is 2. The van der Waals surface area contributed by atoms with Crippen molar-refractivity contribution < 1.29 is 9.84 Å². The summed E-state index contributed by atoms with van der Waals surface area (Å²) in [6.45, 7) is 0. The molecule has 0 aliphatic rings. The summed E-state index contributed by atoms with van der Waals surface area (Å²) in [5.74, 6) is 0. The second-order valence-electron chi connectivity index (χ2n) is 4.62. The van der Waals surface area contributed by atoms with E-state index >= 15 is 0 Å². The normalized spacial score (nSPS) is 14.3. The second-order valence-corrected chi connectivity index (χ2v) is 4.62. The predicted octanol–water partition coefficient (Wildman–Crippen LogP) is 2.10. The van der Waals surface area contributed by atoms with Gasteiger partial charge in [0.05, 0.1) is 6.10 Å². The van der Waals surface area contributed by atoms with Gasteiger partial charge in [0.2, 0.25) is 0 Å². The Labute approximate surface area is 113 Å². The van der Waals surface area contributed by atoms with Gasteiger partial charge in [-0.1, -0.05) is 30.3 Å². The van der Waals surface area contributed by atoms with Crippen LogP contribution >= 0.6 is 0 Å². The number of aliphatic hydroxyl groups is 1. The summed E-state index contributed by atoms with van der Waals surface area (Å²) in [7, 11) is 3.54. The first-order valence-corrected chi connectivity index (χ1v) is 6.45. The second kappa shape index (κ2) is 6.50. The summed E-state index contributed by atoms with van der Waals surface area (Å²) in [5.41, 5.74) is 2.12. The molecule has 4 nitrogen and oxygen atoms in total. The van der Waals surface area contributed by atoms with Crippen LogP contribution in [-0.4, -0.2) is 28.1 Å². The van der Waals surface area contributed by atoms with Crippen molar-refractivity contribution in [2.45, 2.75) is 25.0 Å². The van der Waals surface area contributed by atoms with Crippen molar-refractivity contribution in [3.63, 3.8) is 0 Å². The first kappa shape index (κ1) is 13.8. The molecule has 2 aromatic rings. The fraction of sp³-hybridized carbons (Fsp3) is 0.400. The average Bonchev–Trinajstić information content (AvgIpc) is 2.84. The van der Waals surface area contributed by atoms with Crippen LogP contribution in [0.5, 0.6) is 0 Å². The minimum atomic E-state index is -0.526. The lowest BCUT2D eigenvalue weighted by molar-refractivity contribution is -0.0172. The smallest absolute Gasteiger partial charge is 0.108 e. The number of methoxy groups -OCH3 is 1. The highest BCUT2D eigenvalue weighted by Gasteiger charge is 2.20. The summed E-state index contributed by atoms with van der Waals surface area (Å²) >= 11 is 0. The van der Waals surface area contributed by atoms with E-state index < -0.39 is 6.10 Å². The SMILES string of the molecule is COC(c1ccccc1)C(O)CCc1ccnn1C. The summed E-state index contributed by atoms with van der Waals surface area (Å²) < 4.78 is 7.26. The molecule has 102 valence electrons. The number of aliphatic hydroxyl groups excluding tert-OH is 1. The molecule has 2 rings (SSSR count). The van der Waals surface area contributed by atoms with E-state index in [0.29, 0.717) is 6.42 Å². The number of hydrogen-bond acceptors (Lipinski definition) is 3. The minimum absolute atomic E-state index is 0.283. The van der Waals surface area contributed by atoms with Crippen molar-refractivity contribution in [2.24, 2.45) is 7.05 Å². The Balaban J connectivity index is 1.98. The topological polar surface area (TPSA) is 47.3 Å². The Morgan fingerprint density at radius 2 is 2.00 bits per heavy atom. The van der Waals surface area contributed by atoms with Gasteiger partial charge in [0.1, 0.15) is 6.10 Å². The number of benzene rings is 1. The number of nitrogens with zero attached hydrogens (tertiary/aromatic N) is 2. The van der Waals surface area contributed by atoms with Gasteiger partial charge in [-0.05, 0) is 24.5 Å². The van der Waals surface area contributed by atoms with E-state index in [2.05, 4.69) is 5.10 Å². The number of hydrogen-bond donors (Lipinski definition) is 1. The summed E-state index contributed by atoms with van der Waals surface area (Å²) in [4.78, 5) is 0. The van der Waals surface area contributed by atoms with Crippen LogP contribution in [0.2, 0.25) is 0 Å². The van der Waals surface area contributed by atoms with Gasteiger partial charge >= 0.3 is 0 Å². The van der Waals surface area contributed by atoms with E-state index in [4.69, 9.17) is 4.74 Å². The zero-order valence-electron chi connectivity index (χ0n) is 11.4. The third kappa shape index (κ3) is 3.43. The zero-order valence-corrected chi connectivity index (χ0v) is 11.4. The average molecular weight is 260 g/mol. The number of aryl methyl sites for hydroxylation is 2. The fourth-order valence-corrected chi connectivity index (χ4v) is 2.25. The van der Waals surface area contributed by atoms with E-state index in [1.807, 2.05) is 48.1 Å².